The van der Waals surface area contributed by atoms with Crippen LogP contribution < -0.4 is 55.6 Å². The third kappa shape index (κ3) is 39.2. The first-order chi connectivity index (χ1) is 52.7. The molecule has 6 rings (SSSR count). The second-order valence-corrected chi connectivity index (χ2v) is 24.8. The number of rotatable bonds is 26. The number of methoxy groups -OCH3 is 8. The van der Waals surface area contributed by atoms with Gasteiger partial charge in [0.05, 0.1) is 117 Å². The number of benzene rings is 6. The Morgan fingerprint density at radius 1 is 0.456 bits per heavy atom. The number of aryl methyl sites for hydroxylation is 2. The Morgan fingerprint density at radius 2 is 0.754 bits per heavy atom. The van der Waals surface area contributed by atoms with Crippen molar-refractivity contribution in [1.29, 1.82) is 0 Å². The van der Waals surface area contributed by atoms with Gasteiger partial charge in [-0.3, -0.25) is 33.6 Å². The summed E-state index contributed by atoms with van der Waals surface area (Å²) in [4.78, 5) is 146. The molecule has 0 heterocycles. The van der Waals surface area contributed by atoms with Crippen LogP contribution in [0, 0.1) is 0 Å². The zero-order chi connectivity index (χ0) is 86.2. The van der Waals surface area contributed by atoms with Crippen LogP contribution in [0.2, 0.25) is 0 Å². The molecule has 0 aromatic heterocycles. The Bertz CT molecular complexity index is 4370. The van der Waals surface area contributed by atoms with Crippen molar-refractivity contribution in [2.45, 2.75) is 63.8 Å². The van der Waals surface area contributed by atoms with Gasteiger partial charge in [-0.25, -0.2) is 28.8 Å². The fourth-order valence-electron chi connectivity index (χ4n) is 8.95. The van der Waals surface area contributed by atoms with Crippen molar-refractivity contribution >= 4 is 141 Å². The van der Waals surface area contributed by atoms with Crippen molar-refractivity contribution in [1.82, 2.24) is 0 Å². The number of esters is 8. The van der Waals surface area contributed by atoms with E-state index in [2.05, 4.69) is 65.0 Å². The second-order valence-electron chi connectivity index (χ2n) is 20.8. The molecule has 0 unspecified atom stereocenters. The third-order valence-electron chi connectivity index (χ3n) is 13.7. The molecule has 0 atom stereocenters. The van der Waals surface area contributed by atoms with Crippen molar-refractivity contribution in [2.24, 2.45) is 0 Å². The SMILES string of the molecule is C=C.C=Cc1cccc(CC(=O)OC)c1C(=O)OC.COC(=O)Cc1cccc(CCSC(C)=O)c1C(=O)OC.COC(=O)Cc1cccc(O)c1C(=O)OC.COC(=O)Cc1cccc(OS(=O)(=O)C(F)(F)F)c1C(=O)OC.ClCCl.O=C(O)Cc1cccc(CCS)c1C(=O)O.O=C(O)Cc1cccc(O)c1C(=O)O.[K+].[OH-]. The maximum Gasteiger partial charge on any atom is 1.00 e. The number of aromatic hydroxyl groups is 2. The first kappa shape index (κ1) is 110. The molecule has 31 nitrogen and oxygen atoms in total. The first-order valence-electron chi connectivity index (χ1n) is 31.3. The quantitative estimate of drug-likeness (QED) is 0.00406. The van der Waals surface area contributed by atoms with Gasteiger partial charge in [0.25, 0.3) is 0 Å². The maximum absolute atomic E-state index is 12.4. The molecular weight excluding hydrogens is 1650 g/mol. The number of phenolic OH excluding ortho intramolecular Hbond substituents is 1. The molecule has 7 N–H and O–H groups in total. The number of alkyl halides is 5. The monoisotopic (exact) mass is 1730 g/mol. The average molecular weight is 1730 g/mol. The van der Waals surface area contributed by atoms with Gasteiger partial charge in [0.2, 0.25) is 0 Å². The molecule has 0 aliphatic heterocycles. The minimum atomic E-state index is -5.99. The topological polar surface area (TPSA) is 490 Å². The van der Waals surface area contributed by atoms with Crippen LogP contribution in [0.15, 0.2) is 129 Å². The van der Waals surface area contributed by atoms with E-state index in [9.17, 15) is 94.1 Å². The summed E-state index contributed by atoms with van der Waals surface area (Å²) >= 11 is 14.8. The zero-order valence-electron chi connectivity index (χ0n) is 63.0. The minimum absolute atomic E-state index is 0. The van der Waals surface area contributed by atoms with Gasteiger partial charge in [-0.2, -0.15) is 34.2 Å². The number of phenols is 2. The van der Waals surface area contributed by atoms with Gasteiger partial charge in [0.1, 0.15) is 28.2 Å². The molecule has 0 amide bonds. The Morgan fingerprint density at radius 3 is 1.11 bits per heavy atom. The predicted molar refractivity (Wildman–Crippen MR) is 407 cm³/mol. The normalized spacial score (nSPS) is 9.78. The largest absolute Gasteiger partial charge is 1.00 e. The molecule has 6 aromatic carbocycles. The van der Waals surface area contributed by atoms with Gasteiger partial charge in [0.15, 0.2) is 10.9 Å². The van der Waals surface area contributed by atoms with Gasteiger partial charge < -0.3 is 78.2 Å². The molecule has 6 aromatic rings. The van der Waals surface area contributed by atoms with Crippen molar-refractivity contribution in [3.05, 3.63) is 212 Å². The van der Waals surface area contributed by atoms with Gasteiger partial charge in [-0.05, 0) is 86.9 Å². The molecule has 0 fully saturated rings. The van der Waals surface area contributed by atoms with Crippen molar-refractivity contribution in [2.75, 3.05) is 73.7 Å². The number of hydrogen-bond acceptors (Lipinski definition) is 29. The summed E-state index contributed by atoms with van der Waals surface area (Å²) in [6.07, 6.45) is 1.36. The van der Waals surface area contributed by atoms with Crippen LogP contribution in [0.25, 0.3) is 6.08 Å². The van der Waals surface area contributed by atoms with Gasteiger partial charge in [-0.1, -0.05) is 115 Å². The van der Waals surface area contributed by atoms with E-state index in [-0.39, 0.29) is 127 Å². The van der Waals surface area contributed by atoms with E-state index in [0.29, 0.717) is 68.9 Å². The first-order valence-corrected chi connectivity index (χ1v) is 35.4. The van der Waals surface area contributed by atoms with Crippen LogP contribution in [-0.4, -0.2) is 201 Å². The standard InChI is InChI=1S/C15H18O5S.C13H14O4.C12H11F3O7S.C11H12O5.C11H12O4S.C9H8O5.C2H4.CH2Cl2.K.H2O/c1-10(16)21-8-7-11-5-4-6-12(9-13(17)19-2)14(11)15(18)20-3;1-4-9-6-5-7-10(8-11(14)16-2)12(9)13(15)17-3;1-20-9(16)6-7-4-3-5-8(10(7)11(17)21-2)22-23(18,19)12(13,14)15;1-15-9(13)6-7-4-3-5-8(12)10(7)11(14)16-2;12-9(13)6-8-3-1-2-7(4-5-16)10(8)11(14)15;10-6-3-1-2-5(4-7(11)12)8(6)9(13)14;1-2;2-1-3;;/h4-6H,7-9H2,1-3H3;4-7H,1,8H2,2-3H3;3-5H,6H2,1-2H3;3-5,12H,6H2,1-2H3;1-3,16H,4-6H2,(H,12,13)(H,14,15);1-3,10H,4H2,(H,11,12)(H,13,14);1-2H2;1H2;;1H2/q;;;;;;;;+1;/p-1. The zero-order valence-corrected chi connectivity index (χ0v) is 70.1. The molecule has 0 saturated heterocycles. The molecule has 618 valence electrons. The number of carboxylic acid groups (broad SMARTS) is 4. The van der Waals surface area contributed by atoms with Crippen molar-refractivity contribution < 1.29 is 213 Å². The van der Waals surface area contributed by atoms with Crippen molar-refractivity contribution in [3.8, 4) is 17.2 Å². The predicted octanol–water partition coefficient (Wildman–Crippen LogP) is 7.41. The summed E-state index contributed by atoms with van der Waals surface area (Å²) in [7, 11) is 3.66. The fourth-order valence-corrected chi connectivity index (χ4v) is 10.3. The number of carbonyl (C=O) groups is 13. The van der Waals surface area contributed by atoms with Crippen LogP contribution in [0.1, 0.15) is 119 Å². The van der Waals surface area contributed by atoms with Crippen LogP contribution in [-0.2, 0) is 133 Å². The maximum atomic E-state index is 12.4. The summed E-state index contributed by atoms with van der Waals surface area (Å²) in [5, 5.41) is 53.9. The number of aromatic carboxylic acids is 2. The van der Waals surface area contributed by atoms with Crippen LogP contribution in [0.4, 0.5) is 13.2 Å². The Hall–Kier alpha value is -9.87. The summed E-state index contributed by atoms with van der Waals surface area (Å²) in [6.45, 7) is 11.1. The number of ether oxygens (including phenoxy) is 8. The number of aliphatic carboxylic acids is 2. The number of halogens is 5. The smallest absolute Gasteiger partial charge is 0.870 e. The molecular formula is C74H82Cl2F3KO31S3. The Kier molecular flexibility index (Phi) is 57.1. The number of carboxylic acids is 4. The van der Waals surface area contributed by atoms with Crippen LogP contribution in [0.5, 0.6) is 17.2 Å². The van der Waals surface area contributed by atoms with Gasteiger partial charge in [-0.15, -0.1) is 36.4 Å². The molecule has 0 bridgehead atoms. The van der Waals surface area contributed by atoms with Crippen LogP contribution in [0.3, 0.4) is 0 Å². The molecule has 0 radical (unpaired) electrons. The number of thioether (sulfide) groups is 1. The molecule has 0 saturated carbocycles. The number of carbonyl (C=O) groups excluding carboxylic acids is 9. The number of thiol groups is 1. The molecule has 0 aliphatic rings. The van der Waals surface area contributed by atoms with Crippen LogP contribution >= 0.6 is 47.6 Å². The number of hydrogen-bond donors (Lipinski definition) is 7. The average Bonchev–Trinajstić information content (AvgIpc) is 0.803. The fraction of sp³-hybridized carbons (Fsp3) is 0.284. The van der Waals surface area contributed by atoms with E-state index in [4.69, 9.17) is 53.1 Å². The third-order valence-corrected chi connectivity index (χ3v) is 15.7. The van der Waals surface area contributed by atoms with E-state index in [1.807, 2.05) is 0 Å². The second kappa shape index (κ2) is 58.9. The molecule has 40 heteroatoms. The van der Waals surface area contributed by atoms with Gasteiger partial charge in [0, 0.05) is 12.7 Å². The summed E-state index contributed by atoms with van der Waals surface area (Å²) < 4.78 is 99.8. The van der Waals surface area contributed by atoms with E-state index in [0.717, 1.165) is 31.9 Å². The van der Waals surface area contributed by atoms with E-state index in [1.54, 1.807) is 66.7 Å². The molecule has 0 aliphatic carbocycles. The van der Waals surface area contributed by atoms with E-state index < -0.39 is 117 Å². The summed E-state index contributed by atoms with van der Waals surface area (Å²) in [6, 6.07) is 26.9. The Labute approximate surface area is 715 Å². The Balaban J connectivity index is -0.000000631. The van der Waals surface area contributed by atoms with E-state index >= 15 is 0 Å². The summed E-state index contributed by atoms with van der Waals surface area (Å²) in [5.41, 5.74) is -1.97. The van der Waals surface area contributed by atoms with E-state index in [1.165, 1.54) is 97.7 Å². The summed E-state index contributed by atoms with van der Waals surface area (Å²) in [5.74, 6) is -9.99. The minimum Gasteiger partial charge on any atom is -0.870 e. The van der Waals surface area contributed by atoms with Gasteiger partial charge >= 0.3 is 139 Å². The molecule has 0 spiro atoms. The van der Waals surface area contributed by atoms with Crippen molar-refractivity contribution in [3.63, 3.8) is 0 Å². The molecule has 114 heavy (non-hydrogen) atoms.